The smallest absolute Gasteiger partial charge is 0.134 e. The van der Waals surface area contributed by atoms with Crippen molar-refractivity contribution in [2.45, 2.75) is 39.2 Å². The Morgan fingerprint density at radius 3 is 2.94 bits per heavy atom. The van der Waals surface area contributed by atoms with Crippen LogP contribution in [0, 0.1) is 0 Å². The van der Waals surface area contributed by atoms with E-state index in [9.17, 15) is 0 Å². The van der Waals surface area contributed by atoms with Crippen molar-refractivity contribution in [3.63, 3.8) is 0 Å². The average Bonchev–Trinajstić information content (AvgIpc) is 2.77. The van der Waals surface area contributed by atoms with E-state index in [0.717, 1.165) is 31.6 Å². The van der Waals surface area contributed by atoms with Crippen LogP contribution in [-0.2, 0) is 0 Å². The van der Waals surface area contributed by atoms with Crippen LogP contribution in [0.15, 0.2) is 23.6 Å². The predicted molar refractivity (Wildman–Crippen MR) is 76.0 cm³/mol. The van der Waals surface area contributed by atoms with Crippen molar-refractivity contribution in [2.75, 3.05) is 13.7 Å². The van der Waals surface area contributed by atoms with Gasteiger partial charge in [-0.3, -0.25) is 0 Å². The maximum Gasteiger partial charge on any atom is 0.134 e. The van der Waals surface area contributed by atoms with Gasteiger partial charge in [0.25, 0.3) is 0 Å². The minimum atomic E-state index is 0.390. The standard InChI is InChI=1S/C14H23NOS/c1-5-9-15-12(7-6-11(2)3)14-13(16-4)8-10-17-14/h8,10,12,15H,2,5-7,9H2,1,3-4H3. The molecule has 1 rings (SSSR count). The zero-order valence-electron chi connectivity index (χ0n) is 11.1. The van der Waals surface area contributed by atoms with Crippen molar-refractivity contribution in [1.82, 2.24) is 5.32 Å². The third-order valence-electron chi connectivity index (χ3n) is 2.69. The fourth-order valence-electron chi connectivity index (χ4n) is 1.77. The second kappa shape index (κ2) is 7.51. The van der Waals surface area contributed by atoms with Crippen molar-refractivity contribution in [1.29, 1.82) is 0 Å². The molecule has 1 heterocycles. The monoisotopic (exact) mass is 253 g/mol. The number of nitrogens with one attached hydrogen (secondary N) is 1. The molecule has 1 atom stereocenters. The number of thiophene rings is 1. The van der Waals surface area contributed by atoms with E-state index >= 15 is 0 Å². The lowest BCUT2D eigenvalue weighted by atomic mass is 10.1. The van der Waals surface area contributed by atoms with Crippen LogP contribution in [0.1, 0.15) is 44.0 Å². The van der Waals surface area contributed by atoms with Gasteiger partial charge in [-0.2, -0.15) is 0 Å². The first-order valence-corrected chi connectivity index (χ1v) is 7.06. The highest BCUT2D eigenvalue weighted by molar-refractivity contribution is 7.10. The first kappa shape index (κ1) is 14.3. The van der Waals surface area contributed by atoms with Crippen LogP contribution in [0.5, 0.6) is 5.75 Å². The van der Waals surface area contributed by atoms with E-state index in [1.54, 1.807) is 18.4 Å². The van der Waals surface area contributed by atoms with Crippen LogP contribution in [-0.4, -0.2) is 13.7 Å². The fourth-order valence-corrected chi connectivity index (χ4v) is 2.74. The Morgan fingerprint density at radius 1 is 1.59 bits per heavy atom. The Kier molecular flexibility index (Phi) is 6.30. The third kappa shape index (κ3) is 4.52. The minimum Gasteiger partial charge on any atom is -0.496 e. The summed E-state index contributed by atoms with van der Waals surface area (Å²) in [6, 6.07) is 2.43. The van der Waals surface area contributed by atoms with Gasteiger partial charge in [0.05, 0.1) is 12.0 Å². The molecule has 1 aromatic heterocycles. The van der Waals surface area contributed by atoms with Crippen LogP contribution in [0.2, 0.25) is 0 Å². The molecule has 0 aliphatic carbocycles. The third-order valence-corrected chi connectivity index (χ3v) is 3.71. The van der Waals surface area contributed by atoms with Crippen molar-refractivity contribution in [3.05, 3.63) is 28.5 Å². The summed E-state index contributed by atoms with van der Waals surface area (Å²) in [6.07, 6.45) is 3.30. The number of methoxy groups -OCH3 is 1. The molecule has 0 amide bonds. The van der Waals surface area contributed by atoms with E-state index in [-0.39, 0.29) is 0 Å². The molecule has 0 saturated carbocycles. The first-order valence-electron chi connectivity index (χ1n) is 6.18. The quantitative estimate of drug-likeness (QED) is 0.703. The Bertz CT molecular complexity index is 346. The molecule has 1 N–H and O–H groups in total. The molecule has 1 aromatic rings. The lowest BCUT2D eigenvalue weighted by Crippen LogP contribution is -2.21. The van der Waals surface area contributed by atoms with E-state index in [1.165, 1.54) is 10.5 Å². The molecule has 0 saturated heterocycles. The zero-order valence-corrected chi connectivity index (χ0v) is 11.9. The summed E-state index contributed by atoms with van der Waals surface area (Å²) in [5, 5.41) is 5.68. The molecule has 0 bridgehead atoms. The molecule has 0 aliphatic heterocycles. The van der Waals surface area contributed by atoms with E-state index in [2.05, 4.69) is 31.1 Å². The highest BCUT2D eigenvalue weighted by Crippen LogP contribution is 2.33. The van der Waals surface area contributed by atoms with Crippen molar-refractivity contribution < 1.29 is 4.74 Å². The van der Waals surface area contributed by atoms with Gasteiger partial charge in [0.15, 0.2) is 0 Å². The van der Waals surface area contributed by atoms with Crippen molar-refractivity contribution in [3.8, 4) is 5.75 Å². The van der Waals surface area contributed by atoms with Crippen LogP contribution in [0.3, 0.4) is 0 Å². The number of ether oxygens (including phenoxy) is 1. The van der Waals surface area contributed by atoms with E-state index in [0.29, 0.717) is 6.04 Å². The van der Waals surface area contributed by atoms with E-state index in [4.69, 9.17) is 4.74 Å². The van der Waals surface area contributed by atoms with E-state index < -0.39 is 0 Å². The lowest BCUT2D eigenvalue weighted by Gasteiger charge is -2.18. The molecule has 2 nitrogen and oxygen atoms in total. The highest BCUT2D eigenvalue weighted by atomic mass is 32.1. The van der Waals surface area contributed by atoms with Crippen LogP contribution >= 0.6 is 11.3 Å². The summed E-state index contributed by atoms with van der Waals surface area (Å²) in [4.78, 5) is 1.31. The number of allylic oxidation sites excluding steroid dienone is 1. The molecule has 0 fully saturated rings. The Morgan fingerprint density at radius 2 is 2.35 bits per heavy atom. The van der Waals surface area contributed by atoms with Gasteiger partial charge < -0.3 is 10.1 Å². The summed E-state index contributed by atoms with van der Waals surface area (Å²) in [5.74, 6) is 1.00. The summed E-state index contributed by atoms with van der Waals surface area (Å²) in [6.45, 7) is 9.29. The Labute approximate surface area is 109 Å². The topological polar surface area (TPSA) is 21.3 Å². The van der Waals surface area contributed by atoms with Crippen LogP contribution in [0.4, 0.5) is 0 Å². The largest absolute Gasteiger partial charge is 0.496 e. The normalized spacial score (nSPS) is 12.4. The molecule has 17 heavy (non-hydrogen) atoms. The number of rotatable bonds is 8. The zero-order chi connectivity index (χ0) is 12.7. The lowest BCUT2D eigenvalue weighted by molar-refractivity contribution is 0.399. The number of hydrogen-bond donors (Lipinski definition) is 1. The van der Waals surface area contributed by atoms with Gasteiger partial charge in [0.2, 0.25) is 0 Å². The molecule has 0 aromatic carbocycles. The maximum atomic E-state index is 5.40. The number of hydrogen-bond acceptors (Lipinski definition) is 3. The summed E-state index contributed by atoms with van der Waals surface area (Å²) >= 11 is 1.77. The maximum absolute atomic E-state index is 5.40. The summed E-state index contributed by atoms with van der Waals surface area (Å²) in [7, 11) is 1.74. The Hall–Kier alpha value is -0.800. The van der Waals surface area contributed by atoms with Gasteiger partial charge >= 0.3 is 0 Å². The average molecular weight is 253 g/mol. The second-order valence-corrected chi connectivity index (χ2v) is 5.30. The van der Waals surface area contributed by atoms with Gasteiger partial charge in [0.1, 0.15) is 5.75 Å². The van der Waals surface area contributed by atoms with Gasteiger partial charge in [-0.15, -0.1) is 17.9 Å². The fraction of sp³-hybridized carbons (Fsp3) is 0.571. The molecular formula is C14H23NOS. The van der Waals surface area contributed by atoms with Crippen molar-refractivity contribution >= 4 is 11.3 Å². The molecular weight excluding hydrogens is 230 g/mol. The van der Waals surface area contributed by atoms with Crippen LogP contribution in [0.25, 0.3) is 0 Å². The molecule has 96 valence electrons. The molecule has 0 spiro atoms. The van der Waals surface area contributed by atoms with Gasteiger partial charge in [0, 0.05) is 6.04 Å². The second-order valence-electron chi connectivity index (χ2n) is 4.36. The molecule has 0 radical (unpaired) electrons. The first-order chi connectivity index (χ1) is 8.19. The summed E-state index contributed by atoms with van der Waals surface area (Å²) < 4.78 is 5.40. The minimum absolute atomic E-state index is 0.390. The predicted octanol–water partition coefficient (Wildman–Crippen LogP) is 4.15. The van der Waals surface area contributed by atoms with Gasteiger partial charge in [-0.05, 0) is 44.2 Å². The van der Waals surface area contributed by atoms with Gasteiger partial charge in [-0.1, -0.05) is 12.5 Å². The summed E-state index contributed by atoms with van der Waals surface area (Å²) in [5.41, 5.74) is 1.24. The highest BCUT2D eigenvalue weighted by Gasteiger charge is 2.16. The van der Waals surface area contributed by atoms with Crippen molar-refractivity contribution in [2.24, 2.45) is 0 Å². The Balaban J connectivity index is 2.70. The molecule has 3 heteroatoms. The van der Waals surface area contributed by atoms with Crippen LogP contribution < -0.4 is 10.1 Å². The van der Waals surface area contributed by atoms with E-state index in [1.807, 2.05) is 6.07 Å². The van der Waals surface area contributed by atoms with Gasteiger partial charge in [-0.25, -0.2) is 0 Å². The molecule has 0 aliphatic rings. The molecule has 1 unspecified atom stereocenters. The SMILES string of the molecule is C=C(C)CCC(NCCC)c1sccc1OC.